The van der Waals surface area contributed by atoms with Crippen molar-refractivity contribution in [3.05, 3.63) is 85.7 Å². The summed E-state index contributed by atoms with van der Waals surface area (Å²) >= 11 is 0. The van der Waals surface area contributed by atoms with E-state index in [-0.39, 0.29) is 21.1 Å². The van der Waals surface area contributed by atoms with Gasteiger partial charge in [-0.1, -0.05) is 50.7 Å². The molecule has 0 aliphatic heterocycles. The minimum Gasteiger partial charge on any atom is -0.509 e. The topological polar surface area (TPSA) is 53.7 Å². The Morgan fingerprint density at radius 3 is 1.47 bits per heavy atom. The minimum atomic E-state index is -1.57. The van der Waals surface area contributed by atoms with Gasteiger partial charge >= 0.3 is 21.1 Å². The molecule has 0 fully saturated rings. The summed E-state index contributed by atoms with van der Waals surface area (Å²) in [4.78, 5) is 9.20. The molecule has 0 amide bonds. The molecule has 6 aromatic rings. The van der Waals surface area contributed by atoms with E-state index in [0.29, 0.717) is 11.5 Å². The van der Waals surface area contributed by atoms with Crippen molar-refractivity contribution in [1.29, 1.82) is 0 Å². The van der Waals surface area contributed by atoms with E-state index >= 15 is 0 Å². The zero-order valence-corrected chi connectivity index (χ0v) is 26.6. The number of benzene rings is 2. The number of rotatable bonds is 6. The number of ether oxygens (including phenoxy) is 1. The van der Waals surface area contributed by atoms with Crippen molar-refractivity contribution in [3.63, 3.8) is 0 Å². The molecule has 0 unspecified atom stereocenters. The molecule has 0 radical (unpaired) electrons. The molecule has 0 spiro atoms. The number of hydrogen-bond donors (Lipinski definition) is 0. The van der Waals surface area contributed by atoms with E-state index in [0.717, 1.165) is 22.9 Å². The molecule has 2 aromatic carbocycles. The number of fused-ring (bicyclic) bond motifs is 2. The van der Waals surface area contributed by atoms with Crippen LogP contribution in [0, 0.1) is 12.1 Å². The zero-order chi connectivity index (χ0) is 25.9. The van der Waals surface area contributed by atoms with Crippen LogP contribution in [0.4, 0.5) is 0 Å². The second-order valence-corrected chi connectivity index (χ2v) is 21.4. The van der Waals surface area contributed by atoms with E-state index < -0.39 is 16.1 Å². The molecule has 0 saturated carbocycles. The van der Waals surface area contributed by atoms with Crippen LogP contribution in [-0.4, -0.2) is 44.1 Å². The SMILES string of the molecule is C[Si](C)(C)c1cn(-c2[c-]c(Oc3[c-]c(-n4cc([Si](C)(C)C)n5ccnc45)ccc3)ccc2)c2nccn12.[Pt+2]. The molecule has 7 nitrogen and oxygen atoms in total. The largest absolute Gasteiger partial charge is 2.00 e. The summed E-state index contributed by atoms with van der Waals surface area (Å²) in [5.74, 6) is 3.02. The summed E-state index contributed by atoms with van der Waals surface area (Å²) in [6.45, 7) is 14.0. The van der Waals surface area contributed by atoms with Crippen LogP contribution in [0.15, 0.2) is 73.6 Å². The summed E-state index contributed by atoms with van der Waals surface area (Å²) in [7, 11) is -3.13. The van der Waals surface area contributed by atoms with Gasteiger partial charge < -0.3 is 13.9 Å². The van der Waals surface area contributed by atoms with E-state index in [2.05, 4.69) is 91.7 Å². The Kier molecular flexibility index (Phi) is 6.66. The maximum absolute atomic E-state index is 6.26. The summed E-state index contributed by atoms with van der Waals surface area (Å²) in [5, 5.41) is 2.63. The first-order valence-electron chi connectivity index (χ1n) is 12.4. The normalized spacial score (nSPS) is 12.3. The third kappa shape index (κ3) is 4.63. The molecule has 0 saturated heterocycles. The number of nitrogens with zero attached hydrogens (tertiary/aromatic N) is 6. The van der Waals surface area contributed by atoms with Crippen molar-refractivity contribution in [3.8, 4) is 22.9 Å². The summed E-state index contributed by atoms with van der Waals surface area (Å²) in [5.41, 5.74) is 1.78. The van der Waals surface area contributed by atoms with Gasteiger partial charge in [0.1, 0.15) is 16.1 Å². The first-order chi connectivity index (χ1) is 17.6. The van der Waals surface area contributed by atoms with Gasteiger partial charge in [0.25, 0.3) is 0 Å². The first-order valence-corrected chi connectivity index (χ1v) is 19.4. The fraction of sp³-hybridized carbons (Fsp3) is 0.214. The Labute approximate surface area is 239 Å². The van der Waals surface area contributed by atoms with Gasteiger partial charge in [-0.3, -0.25) is 8.80 Å². The Morgan fingerprint density at radius 2 is 1.08 bits per heavy atom. The van der Waals surface area contributed by atoms with Gasteiger partial charge in [0.2, 0.25) is 11.6 Å². The Balaban J connectivity index is 0.00000294. The van der Waals surface area contributed by atoms with Crippen LogP contribution < -0.4 is 15.4 Å². The van der Waals surface area contributed by atoms with Crippen LogP contribution >= 0.6 is 0 Å². The standard InChI is InChI=1S/C28H30N6OSi2.Pt/c1-36(2,3)25-19-33(27-29-13-15-31(25)27)21-9-7-11-23(17-21)35-24-12-8-10-22(18-24)34-20-26(37(4,5)6)32-16-14-30-28(32)34;/h7-16,19-20H,1-6H3;/q-2;+2. The average Bonchev–Trinajstić information content (AvgIpc) is 3.59. The van der Waals surface area contributed by atoms with Crippen LogP contribution in [0.1, 0.15) is 0 Å². The Morgan fingerprint density at radius 1 is 0.658 bits per heavy atom. The molecule has 4 heterocycles. The number of imidazole rings is 4. The molecule has 38 heavy (non-hydrogen) atoms. The van der Waals surface area contributed by atoms with Gasteiger partial charge in [-0.25, -0.2) is 9.97 Å². The van der Waals surface area contributed by atoms with Crippen LogP contribution in [0.25, 0.3) is 22.9 Å². The molecule has 0 atom stereocenters. The molecule has 196 valence electrons. The molecule has 6 rings (SSSR count). The van der Waals surface area contributed by atoms with Crippen LogP contribution in [0.3, 0.4) is 0 Å². The van der Waals surface area contributed by atoms with E-state index in [4.69, 9.17) is 4.74 Å². The summed E-state index contributed by atoms with van der Waals surface area (Å²) < 4.78 is 14.8. The van der Waals surface area contributed by atoms with Crippen molar-refractivity contribution in [1.82, 2.24) is 27.9 Å². The van der Waals surface area contributed by atoms with Gasteiger partial charge in [-0.05, 0) is 0 Å². The zero-order valence-electron chi connectivity index (χ0n) is 22.3. The predicted octanol–water partition coefficient (Wildman–Crippen LogP) is 5.04. The molecule has 0 bridgehead atoms. The van der Waals surface area contributed by atoms with Gasteiger partial charge in [0, 0.05) is 59.3 Å². The monoisotopic (exact) mass is 717 g/mol. The maximum Gasteiger partial charge on any atom is 2.00 e. The fourth-order valence-electron chi connectivity index (χ4n) is 4.66. The van der Waals surface area contributed by atoms with Gasteiger partial charge in [0.05, 0.1) is 0 Å². The van der Waals surface area contributed by atoms with Crippen LogP contribution in [-0.2, 0) is 21.1 Å². The first kappa shape index (κ1) is 26.5. The number of aromatic nitrogens is 6. The van der Waals surface area contributed by atoms with Gasteiger partial charge in [-0.15, -0.1) is 36.4 Å². The van der Waals surface area contributed by atoms with Crippen molar-refractivity contribution in [2.45, 2.75) is 39.3 Å². The third-order valence-corrected chi connectivity index (χ3v) is 10.3. The molecule has 0 N–H and O–H groups in total. The second kappa shape index (κ2) is 9.56. The van der Waals surface area contributed by atoms with Crippen molar-refractivity contribution in [2.24, 2.45) is 0 Å². The smallest absolute Gasteiger partial charge is 0.509 e. The van der Waals surface area contributed by atoms with Gasteiger partial charge in [-0.2, -0.15) is 12.1 Å². The van der Waals surface area contributed by atoms with E-state index in [9.17, 15) is 0 Å². The molecule has 0 aliphatic rings. The average molecular weight is 718 g/mol. The Hall–Kier alpha value is -3.14. The molecular formula is C28H30N6OPtSi2. The maximum atomic E-state index is 6.26. The molecule has 10 heteroatoms. The minimum absolute atomic E-state index is 0. The van der Waals surface area contributed by atoms with E-state index in [1.807, 2.05) is 61.2 Å². The van der Waals surface area contributed by atoms with Crippen molar-refractivity contribution in [2.75, 3.05) is 0 Å². The van der Waals surface area contributed by atoms with Crippen LogP contribution in [0.2, 0.25) is 39.3 Å². The summed E-state index contributed by atoms with van der Waals surface area (Å²) in [6.07, 6.45) is 12.1. The van der Waals surface area contributed by atoms with Gasteiger partial charge in [0.15, 0.2) is 0 Å². The fourth-order valence-corrected chi connectivity index (χ4v) is 7.49. The number of hydrogen-bond acceptors (Lipinski definition) is 3. The quantitative estimate of drug-likeness (QED) is 0.179. The van der Waals surface area contributed by atoms with Crippen molar-refractivity contribution < 1.29 is 25.8 Å². The predicted molar refractivity (Wildman–Crippen MR) is 153 cm³/mol. The molecule has 4 aromatic heterocycles. The molecular weight excluding hydrogens is 688 g/mol. The van der Waals surface area contributed by atoms with Crippen LogP contribution in [0.5, 0.6) is 11.5 Å². The van der Waals surface area contributed by atoms with E-state index in [1.165, 1.54) is 10.6 Å². The second-order valence-electron chi connectivity index (χ2n) is 11.4. The molecule has 0 aliphatic carbocycles. The van der Waals surface area contributed by atoms with E-state index in [1.54, 1.807) is 0 Å². The summed E-state index contributed by atoms with van der Waals surface area (Å²) in [6, 6.07) is 18.7. The van der Waals surface area contributed by atoms with Crippen molar-refractivity contribution >= 4 is 38.3 Å². The third-order valence-electron chi connectivity index (χ3n) is 6.48. The Bertz CT molecular complexity index is 1620.